The normalized spacial score (nSPS) is 11.0. The summed E-state index contributed by atoms with van der Waals surface area (Å²) in [4.78, 5) is 22.3. The lowest BCUT2D eigenvalue weighted by Crippen LogP contribution is -2.38. The van der Waals surface area contributed by atoms with Gasteiger partial charge in [0.1, 0.15) is 0 Å². The van der Waals surface area contributed by atoms with Crippen molar-refractivity contribution in [3.05, 3.63) is 29.8 Å². The van der Waals surface area contributed by atoms with E-state index >= 15 is 0 Å². The van der Waals surface area contributed by atoms with Gasteiger partial charge in [-0.15, -0.1) is 0 Å². The molecule has 0 atom stereocenters. The molecule has 0 bridgehead atoms. The van der Waals surface area contributed by atoms with Gasteiger partial charge in [0.25, 0.3) is 0 Å². The molecule has 3 N–H and O–H groups in total. The molecular weight excluding hydrogens is 288 g/mol. The fourth-order valence-corrected chi connectivity index (χ4v) is 1.76. The molecule has 6 heteroatoms. The Bertz CT molecular complexity index is 486. The highest BCUT2D eigenvalue weighted by atomic mass is 32.2. The third-order valence-electron chi connectivity index (χ3n) is 3.07. The van der Waals surface area contributed by atoms with E-state index in [1.54, 1.807) is 23.9 Å². The van der Waals surface area contributed by atoms with Gasteiger partial charge in [0.2, 0.25) is 0 Å². The molecule has 0 aliphatic rings. The second kappa shape index (κ2) is 7.93. The number of rotatable bonds is 7. The third kappa shape index (κ3) is 7.04. The monoisotopic (exact) mass is 310 g/mol. The highest BCUT2D eigenvalue weighted by molar-refractivity contribution is 7.99. The lowest BCUT2D eigenvalue weighted by Gasteiger charge is -2.22. The molecule has 0 spiro atoms. The van der Waals surface area contributed by atoms with E-state index in [0.29, 0.717) is 18.7 Å². The average Bonchev–Trinajstić information content (AvgIpc) is 2.44. The molecule has 1 aromatic carbocycles. The molecule has 5 nitrogen and oxygen atoms in total. The Labute approximate surface area is 129 Å². The predicted molar refractivity (Wildman–Crippen MR) is 87.0 cm³/mol. The van der Waals surface area contributed by atoms with Crippen molar-refractivity contribution in [3.8, 4) is 0 Å². The van der Waals surface area contributed by atoms with E-state index in [1.165, 1.54) is 0 Å². The molecule has 0 aliphatic heterocycles. The van der Waals surface area contributed by atoms with Gasteiger partial charge in [-0.1, -0.05) is 12.1 Å². The molecule has 116 valence electrons. The zero-order chi connectivity index (χ0) is 15.9. The maximum absolute atomic E-state index is 11.8. The molecule has 0 saturated carbocycles. The largest absolute Gasteiger partial charge is 0.481 e. The quantitative estimate of drug-likeness (QED) is 0.723. The first-order valence-corrected chi connectivity index (χ1v) is 7.95. The van der Waals surface area contributed by atoms with Gasteiger partial charge in [-0.25, -0.2) is 4.79 Å². The molecule has 0 radical (unpaired) electrons. The van der Waals surface area contributed by atoms with E-state index in [9.17, 15) is 9.59 Å². The molecule has 1 aromatic rings. The number of carbonyl (C=O) groups excluding carboxylic acids is 1. The number of benzene rings is 1. The summed E-state index contributed by atoms with van der Waals surface area (Å²) >= 11 is 1.69. The van der Waals surface area contributed by atoms with E-state index < -0.39 is 5.97 Å². The molecule has 0 fully saturated rings. The number of hydrogen-bond acceptors (Lipinski definition) is 3. The molecule has 0 unspecified atom stereocenters. The molecule has 0 aromatic heterocycles. The van der Waals surface area contributed by atoms with Gasteiger partial charge in [-0.3, -0.25) is 4.79 Å². The first-order chi connectivity index (χ1) is 9.82. The van der Waals surface area contributed by atoms with Gasteiger partial charge < -0.3 is 15.7 Å². The zero-order valence-electron chi connectivity index (χ0n) is 12.6. The second-order valence-electron chi connectivity index (χ2n) is 5.36. The van der Waals surface area contributed by atoms with Crippen LogP contribution in [0.25, 0.3) is 0 Å². The average molecular weight is 310 g/mol. The highest BCUT2D eigenvalue weighted by Gasteiger charge is 2.16. The van der Waals surface area contributed by atoms with Crippen molar-refractivity contribution in [2.45, 2.75) is 31.4 Å². The van der Waals surface area contributed by atoms with E-state index in [1.807, 2.05) is 18.4 Å². The Kier molecular flexibility index (Phi) is 6.55. The van der Waals surface area contributed by atoms with Crippen LogP contribution in [0.2, 0.25) is 0 Å². The van der Waals surface area contributed by atoms with E-state index in [-0.39, 0.29) is 17.2 Å². The molecule has 21 heavy (non-hydrogen) atoms. The van der Waals surface area contributed by atoms with Crippen LogP contribution >= 0.6 is 11.8 Å². The van der Waals surface area contributed by atoms with Crippen LogP contribution in [0.5, 0.6) is 0 Å². The maximum atomic E-state index is 11.8. The number of amides is 2. The van der Waals surface area contributed by atoms with E-state index in [4.69, 9.17) is 5.11 Å². The number of carboxylic acid groups (broad SMARTS) is 1. The van der Waals surface area contributed by atoms with Crippen molar-refractivity contribution in [2.75, 3.05) is 18.1 Å². The number of hydrogen-bond donors (Lipinski definition) is 3. The minimum Gasteiger partial charge on any atom is -0.481 e. The summed E-state index contributed by atoms with van der Waals surface area (Å²) in [5.74, 6) is -0.812. The predicted octanol–water partition coefficient (Wildman–Crippen LogP) is 2.97. The van der Waals surface area contributed by atoms with Gasteiger partial charge in [0.15, 0.2) is 0 Å². The van der Waals surface area contributed by atoms with Gasteiger partial charge in [-0.2, -0.15) is 11.8 Å². The minimum absolute atomic E-state index is 0.00195. The highest BCUT2D eigenvalue weighted by Crippen LogP contribution is 2.19. The number of nitrogens with one attached hydrogen (secondary N) is 2. The standard InChI is InChI=1S/C15H22N2O3S/c1-15(2,21-3)10-16-14(20)17-12-7-4-11(5-8-12)6-9-13(18)19/h4-5,7-8H,6,9-10H2,1-3H3,(H,18,19)(H2,16,17,20). The van der Waals surface area contributed by atoms with Crippen LogP contribution in [-0.4, -0.2) is 34.7 Å². The van der Waals surface area contributed by atoms with Gasteiger partial charge in [0.05, 0.1) is 0 Å². The third-order valence-corrected chi connectivity index (χ3v) is 4.32. The second-order valence-corrected chi connectivity index (χ2v) is 6.88. The number of urea groups is 1. The van der Waals surface area contributed by atoms with Crippen molar-refractivity contribution in [1.29, 1.82) is 0 Å². The molecule has 0 saturated heterocycles. The summed E-state index contributed by atoms with van der Waals surface area (Å²) < 4.78 is -0.00195. The van der Waals surface area contributed by atoms with Crippen LogP contribution in [0.3, 0.4) is 0 Å². The van der Waals surface area contributed by atoms with Crippen molar-refractivity contribution < 1.29 is 14.7 Å². The summed E-state index contributed by atoms with van der Waals surface area (Å²) in [5, 5.41) is 14.2. The Morgan fingerprint density at radius 3 is 2.38 bits per heavy atom. The summed E-state index contributed by atoms with van der Waals surface area (Å²) in [5.41, 5.74) is 1.63. The van der Waals surface area contributed by atoms with Crippen LogP contribution in [0.1, 0.15) is 25.8 Å². The van der Waals surface area contributed by atoms with Crippen LogP contribution in [-0.2, 0) is 11.2 Å². The number of anilines is 1. The number of aliphatic carboxylic acids is 1. The molecule has 0 aliphatic carbocycles. The first-order valence-electron chi connectivity index (χ1n) is 6.73. The summed E-state index contributed by atoms with van der Waals surface area (Å²) in [7, 11) is 0. The number of carbonyl (C=O) groups is 2. The molecule has 2 amide bonds. The lowest BCUT2D eigenvalue weighted by atomic mass is 10.1. The minimum atomic E-state index is -0.812. The number of thioether (sulfide) groups is 1. The Hall–Kier alpha value is -1.69. The number of carboxylic acids is 1. The molecule has 0 heterocycles. The van der Waals surface area contributed by atoms with Gasteiger partial charge >= 0.3 is 12.0 Å². The Morgan fingerprint density at radius 1 is 1.24 bits per heavy atom. The lowest BCUT2D eigenvalue weighted by molar-refractivity contribution is -0.136. The summed E-state index contributed by atoms with van der Waals surface area (Å²) in [6.07, 6.45) is 2.61. The van der Waals surface area contributed by atoms with E-state index in [2.05, 4.69) is 24.5 Å². The first kappa shape index (κ1) is 17.4. The topological polar surface area (TPSA) is 78.4 Å². The SMILES string of the molecule is CSC(C)(C)CNC(=O)Nc1ccc(CCC(=O)O)cc1. The fraction of sp³-hybridized carbons (Fsp3) is 0.467. The zero-order valence-corrected chi connectivity index (χ0v) is 13.4. The van der Waals surface area contributed by atoms with E-state index in [0.717, 1.165) is 5.56 Å². The van der Waals surface area contributed by atoms with Crippen LogP contribution in [0.4, 0.5) is 10.5 Å². The Morgan fingerprint density at radius 2 is 1.86 bits per heavy atom. The van der Waals surface area contributed by atoms with Crippen molar-refractivity contribution in [1.82, 2.24) is 5.32 Å². The van der Waals surface area contributed by atoms with Crippen molar-refractivity contribution in [3.63, 3.8) is 0 Å². The smallest absolute Gasteiger partial charge is 0.319 e. The van der Waals surface area contributed by atoms with Gasteiger partial charge in [0, 0.05) is 23.4 Å². The molecule has 1 rings (SSSR count). The van der Waals surface area contributed by atoms with Gasteiger partial charge in [-0.05, 0) is 44.2 Å². The Balaban J connectivity index is 2.44. The fourth-order valence-electron chi connectivity index (χ4n) is 1.55. The van der Waals surface area contributed by atoms with Crippen LogP contribution in [0.15, 0.2) is 24.3 Å². The summed E-state index contributed by atoms with van der Waals surface area (Å²) in [6, 6.07) is 6.96. The van der Waals surface area contributed by atoms with Crippen molar-refractivity contribution >= 4 is 29.4 Å². The maximum Gasteiger partial charge on any atom is 0.319 e. The molecular formula is C15H22N2O3S. The summed E-state index contributed by atoms with van der Waals surface area (Å²) in [6.45, 7) is 4.71. The van der Waals surface area contributed by atoms with Crippen LogP contribution in [0, 0.1) is 0 Å². The number of aryl methyl sites for hydroxylation is 1. The van der Waals surface area contributed by atoms with Crippen molar-refractivity contribution in [2.24, 2.45) is 0 Å². The van der Waals surface area contributed by atoms with Crippen LogP contribution < -0.4 is 10.6 Å².